The lowest BCUT2D eigenvalue weighted by Gasteiger charge is -2.32. The summed E-state index contributed by atoms with van der Waals surface area (Å²) in [5.41, 5.74) is 0.0690. The summed E-state index contributed by atoms with van der Waals surface area (Å²) in [6.45, 7) is 2.59. The fraction of sp³-hybridized carbons (Fsp3) is 0.526. The van der Waals surface area contributed by atoms with Gasteiger partial charge in [-0.2, -0.15) is 8.78 Å². The lowest BCUT2D eigenvalue weighted by molar-refractivity contribution is -0.151. The Hall–Kier alpha value is -2.56. The monoisotopic (exact) mass is 446 g/mol. The summed E-state index contributed by atoms with van der Waals surface area (Å²) in [7, 11) is -3.33. The lowest BCUT2D eigenvalue weighted by atomic mass is 9.97. The van der Waals surface area contributed by atoms with Crippen LogP contribution < -0.4 is 0 Å². The minimum absolute atomic E-state index is 0.0690. The Morgan fingerprint density at radius 3 is 2.23 bits per heavy atom. The largest absolute Gasteiger partial charge is 0.466 e. The van der Waals surface area contributed by atoms with Gasteiger partial charge in [0.15, 0.2) is 0 Å². The van der Waals surface area contributed by atoms with E-state index >= 15 is 0 Å². The molecule has 0 N–H and O–H groups in total. The van der Waals surface area contributed by atoms with Crippen LogP contribution in [0.15, 0.2) is 29.2 Å². The van der Waals surface area contributed by atoms with Crippen LogP contribution in [0.3, 0.4) is 0 Å². The average Bonchev–Trinajstić information content (AvgIpc) is 2.73. The van der Waals surface area contributed by atoms with Gasteiger partial charge in [-0.15, -0.1) is 0 Å². The summed E-state index contributed by atoms with van der Waals surface area (Å²) < 4.78 is 53.0. The molecule has 2 rings (SSSR count). The van der Waals surface area contributed by atoms with E-state index in [0.717, 1.165) is 29.2 Å². The molecule has 0 spiro atoms. The first kappa shape index (κ1) is 23.7. The van der Waals surface area contributed by atoms with Crippen molar-refractivity contribution in [2.75, 3.05) is 33.3 Å². The third kappa shape index (κ3) is 5.53. The molecule has 2 amide bonds. The molecule has 11 heteroatoms. The number of hydrogen-bond donors (Lipinski definition) is 0. The molecule has 0 atom stereocenters. The summed E-state index contributed by atoms with van der Waals surface area (Å²) in [5, 5.41) is 0. The van der Waals surface area contributed by atoms with Crippen LogP contribution in [0.2, 0.25) is 0 Å². The highest BCUT2D eigenvalue weighted by atomic mass is 32.2. The summed E-state index contributed by atoms with van der Waals surface area (Å²) in [6, 6.07) is 4.13. The Bertz CT molecular complexity index is 881. The lowest BCUT2D eigenvalue weighted by Crippen LogP contribution is -2.45. The van der Waals surface area contributed by atoms with Crippen LogP contribution in [0.25, 0.3) is 0 Å². The van der Waals surface area contributed by atoms with Crippen LogP contribution in [0.5, 0.6) is 0 Å². The Kier molecular flexibility index (Phi) is 7.88. The average molecular weight is 446 g/mol. The van der Waals surface area contributed by atoms with Gasteiger partial charge in [-0.05, 0) is 44.0 Å². The smallest absolute Gasteiger partial charge is 0.341 e. The van der Waals surface area contributed by atoms with Gasteiger partial charge in [-0.1, -0.05) is 0 Å². The maximum Gasteiger partial charge on any atom is 0.341 e. The number of rotatable bonds is 7. The number of carbonyl (C=O) groups excluding carboxylic acids is 3. The van der Waals surface area contributed by atoms with Crippen molar-refractivity contribution in [1.29, 1.82) is 0 Å². The van der Waals surface area contributed by atoms with E-state index in [1.807, 2.05) is 0 Å². The number of nitrogens with zero attached hydrogens (tertiary/aromatic N) is 2. The summed E-state index contributed by atoms with van der Waals surface area (Å²) in [5.74, 6) is -4.89. The maximum atomic E-state index is 12.6. The molecule has 1 aliphatic heterocycles. The van der Waals surface area contributed by atoms with Gasteiger partial charge >= 0.3 is 11.7 Å². The fourth-order valence-electron chi connectivity index (χ4n) is 3.11. The predicted octanol–water partition coefficient (Wildman–Crippen LogP) is 1.56. The van der Waals surface area contributed by atoms with E-state index in [9.17, 15) is 31.6 Å². The molecular formula is C19H24F2N2O6S. The third-order valence-corrected chi connectivity index (χ3v) is 6.25. The molecule has 1 aromatic carbocycles. The van der Waals surface area contributed by atoms with E-state index in [1.165, 1.54) is 7.05 Å². The van der Waals surface area contributed by atoms with Crippen LogP contribution in [0.1, 0.15) is 30.1 Å². The molecule has 0 saturated carbocycles. The molecule has 0 aliphatic carbocycles. The zero-order chi connectivity index (χ0) is 22.5. The normalized spacial score (nSPS) is 15.2. The van der Waals surface area contributed by atoms with Crippen molar-refractivity contribution in [2.45, 2.75) is 30.4 Å². The molecule has 1 heterocycles. The Labute approximate surface area is 173 Å². The number of carbonyl (C=O) groups is 3. The molecule has 1 fully saturated rings. The number of hydrogen-bond acceptors (Lipinski definition) is 6. The number of likely N-dealkylation sites (tertiary alicyclic amines) is 1. The molecule has 1 saturated heterocycles. The first-order chi connectivity index (χ1) is 14.1. The molecule has 30 heavy (non-hydrogen) atoms. The number of halogens is 2. The molecule has 0 aromatic heterocycles. The molecule has 166 valence electrons. The topological polar surface area (TPSA) is 101 Å². The van der Waals surface area contributed by atoms with E-state index < -0.39 is 26.4 Å². The van der Waals surface area contributed by atoms with Gasteiger partial charge in [-0.25, -0.2) is 8.42 Å². The van der Waals surface area contributed by atoms with Crippen molar-refractivity contribution in [3.05, 3.63) is 29.8 Å². The van der Waals surface area contributed by atoms with Crippen LogP contribution in [0, 0.1) is 5.92 Å². The van der Waals surface area contributed by atoms with Crippen LogP contribution in [0.4, 0.5) is 8.78 Å². The molecule has 0 radical (unpaired) electrons. The van der Waals surface area contributed by atoms with Gasteiger partial charge in [0.1, 0.15) is 0 Å². The number of amides is 2. The van der Waals surface area contributed by atoms with Gasteiger partial charge in [0.25, 0.3) is 5.91 Å². The van der Waals surface area contributed by atoms with Crippen LogP contribution >= 0.6 is 0 Å². The van der Waals surface area contributed by atoms with Crippen molar-refractivity contribution >= 4 is 27.6 Å². The zero-order valence-corrected chi connectivity index (χ0v) is 17.5. The van der Waals surface area contributed by atoms with Crippen molar-refractivity contribution in [3.63, 3.8) is 0 Å². The number of piperidine rings is 1. The maximum absolute atomic E-state index is 12.6. The first-order valence-electron chi connectivity index (χ1n) is 9.40. The van der Waals surface area contributed by atoms with Crippen LogP contribution in [-0.2, 0) is 24.2 Å². The molecule has 0 unspecified atom stereocenters. The van der Waals surface area contributed by atoms with Crippen molar-refractivity contribution in [3.8, 4) is 0 Å². The fourth-order valence-corrected chi connectivity index (χ4v) is 3.83. The minimum atomic E-state index is -4.74. The van der Waals surface area contributed by atoms with E-state index in [1.54, 1.807) is 11.8 Å². The van der Waals surface area contributed by atoms with Crippen molar-refractivity contribution in [1.82, 2.24) is 9.80 Å². The van der Waals surface area contributed by atoms with Crippen molar-refractivity contribution < 1.29 is 36.3 Å². The van der Waals surface area contributed by atoms with Gasteiger partial charge in [-0.3, -0.25) is 14.4 Å². The quantitative estimate of drug-likeness (QED) is 0.589. The van der Waals surface area contributed by atoms with Crippen molar-refractivity contribution in [2.24, 2.45) is 5.92 Å². The Balaban J connectivity index is 1.93. The number of esters is 1. The number of benzene rings is 1. The number of ether oxygens (including phenoxy) is 1. The zero-order valence-electron chi connectivity index (χ0n) is 16.7. The highest BCUT2D eigenvalue weighted by molar-refractivity contribution is 7.91. The summed E-state index contributed by atoms with van der Waals surface area (Å²) in [6.07, 6.45) is 0.977. The first-order valence-corrected chi connectivity index (χ1v) is 10.9. The Morgan fingerprint density at radius 2 is 1.73 bits per heavy atom. The molecule has 1 aliphatic rings. The predicted molar refractivity (Wildman–Crippen MR) is 103 cm³/mol. The Morgan fingerprint density at radius 1 is 1.17 bits per heavy atom. The highest BCUT2D eigenvalue weighted by Crippen LogP contribution is 2.20. The highest BCUT2D eigenvalue weighted by Gasteiger charge is 2.29. The molecule has 1 aromatic rings. The second kappa shape index (κ2) is 9.96. The number of likely N-dealkylation sites (N-methyl/N-ethyl adjacent to an activating group) is 1. The number of sulfone groups is 1. The number of alkyl halides is 2. The van der Waals surface area contributed by atoms with Gasteiger partial charge in [0, 0.05) is 25.7 Å². The SMILES string of the molecule is CCOC(=O)C1CCN(C(=O)CN(C)C(=O)c2ccc(S(=O)(=O)C(F)F)cc2)CC1. The standard InChI is InChI=1S/C19H24F2N2O6S/c1-3-29-18(26)14-8-10-23(11-9-14)16(24)12-22(2)17(25)13-4-6-15(7-5-13)30(27,28)19(20)21/h4-7,14,19H,3,8-12H2,1-2H3. The summed E-state index contributed by atoms with van der Waals surface area (Å²) >= 11 is 0. The van der Waals surface area contributed by atoms with E-state index in [0.29, 0.717) is 32.5 Å². The van der Waals surface area contributed by atoms with E-state index in [-0.39, 0.29) is 29.9 Å². The van der Waals surface area contributed by atoms with Gasteiger partial charge in [0.05, 0.1) is 24.0 Å². The summed E-state index contributed by atoms with van der Waals surface area (Å²) in [4.78, 5) is 38.8. The molecular weight excluding hydrogens is 422 g/mol. The van der Waals surface area contributed by atoms with E-state index in [4.69, 9.17) is 4.74 Å². The second-order valence-electron chi connectivity index (χ2n) is 6.90. The second-order valence-corrected chi connectivity index (χ2v) is 8.82. The molecule has 0 bridgehead atoms. The third-order valence-electron chi connectivity index (χ3n) is 4.85. The van der Waals surface area contributed by atoms with Gasteiger partial charge < -0.3 is 14.5 Å². The minimum Gasteiger partial charge on any atom is -0.466 e. The van der Waals surface area contributed by atoms with Crippen LogP contribution in [-0.4, -0.2) is 75.0 Å². The van der Waals surface area contributed by atoms with E-state index in [2.05, 4.69) is 0 Å². The van der Waals surface area contributed by atoms with Gasteiger partial charge in [0.2, 0.25) is 15.7 Å². The molecule has 8 nitrogen and oxygen atoms in total.